The van der Waals surface area contributed by atoms with Gasteiger partial charge in [-0.25, -0.2) is 14.4 Å². The number of esters is 1. The van der Waals surface area contributed by atoms with Gasteiger partial charge in [-0.05, 0) is 60.1 Å². The van der Waals surface area contributed by atoms with Gasteiger partial charge in [0.25, 0.3) is 0 Å². The van der Waals surface area contributed by atoms with Gasteiger partial charge in [0.05, 0.1) is 6.42 Å². The number of hydrogen-bond donors (Lipinski definition) is 2. The fraction of sp³-hybridized carbons (Fsp3) is 0.583. The first-order chi connectivity index (χ1) is 15.1. The van der Waals surface area contributed by atoms with Gasteiger partial charge in [-0.3, -0.25) is 10.1 Å². The van der Waals surface area contributed by atoms with Crippen molar-refractivity contribution < 1.29 is 33.8 Å². The highest BCUT2D eigenvalue weighted by atomic mass is 16.6. The van der Waals surface area contributed by atoms with E-state index in [1.54, 1.807) is 71.9 Å². The molecule has 1 aromatic rings. The number of alkyl carbamates (subject to hydrolysis) is 1. The van der Waals surface area contributed by atoms with Crippen LogP contribution in [0.5, 0.6) is 0 Å². The predicted molar refractivity (Wildman–Crippen MR) is 124 cm³/mol. The van der Waals surface area contributed by atoms with Crippen LogP contribution >= 0.6 is 0 Å². The van der Waals surface area contributed by atoms with Crippen LogP contribution in [0.2, 0.25) is 0 Å². The zero-order chi connectivity index (χ0) is 25.4. The first kappa shape index (κ1) is 27.9. The number of anilines is 1. The molecule has 0 aliphatic carbocycles. The van der Waals surface area contributed by atoms with E-state index in [9.17, 15) is 24.3 Å². The Bertz CT molecular complexity index is 841. The standard InChI is InChI=1S/C24H36N2O7/c1-8-9-15-26(17-13-11-10-12-14-17)18(27)16-24(19(28)29,20(30)32-22(2,3)4)25-21(31)33-23(5,6)7/h10-14H,8-9,15-16H2,1-7H3,(H,25,31)(H,28,29)/t24-/m0/s1. The van der Waals surface area contributed by atoms with Gasteiger partial charge < -0.3 is 19.5 Å². The normalized spacial score (nSPS) is 13.4. The van der Waals surface area contributed by atoms with Crippen molar-refractivity contribution in [3.05, 3.63) is 30.3 Å². The molecular formula is C24H36N2O7. The molecule has 0 aliphatic heterocycles. The fourth-order valence-electron chi connectivity index (χ4n) is 2.87. The minimum atomic E-state index is -2.67. The minimum Gasteiger partial charge on any atom is -0.479 e. The van der Waals surface area contributed by atoms with Crippen molar-refractivity contribution in [2.75, 3.05) is 11.4 Å². The lowest BCUT2D eigenvalue weighted by Gasteiger charge is -2.33. The van der Waals surface area contributed by atoms with Gasteiger partial charge in [0.2, 0.25) is 11.4 Å². The quantitative estimate of drug-likeness (QED) is 0.420. The van der Waals surface area contributed by atoms with Gasteiger partial charge in [0.1, 0.15) is 11.2 Å². The Morgan fingerprint density at radius 1 is 0.939 bits per heavy atom. The number of carbonyl (C=O) groups is 4. The summed E-state index contributed by atoms with van der Waals surface area (Å²) in [4.78, 5) is 52.8. The number of carboxylic acids is 1. The van der Waals surface area contributed by atoms with Crippen molar-refractivity contribution in [3.8, 4) is 0 Å². The summed E-state index contributed by atoms with van der Waals surface area (Å²) in [7, 11) is 0. The highest BCUT2D eigenvalue weighted by molar-refractivity contribution is 6.11. The number of unbranched alkanes of at least 4 members (excludes halogenated alkanes) is 1. The maximum atomic E-state index is 13.4. The second-order valence-corrected chi connectivity index (χ2v) is 9.75. The summed E-state index contributed by atoms with van der Waals surface area (Å²) in [5.41, 5.74) is -4.13. The second kappa shape index (κ2) is 11.2. The van der Waals surface area contributed by atoms with Gasteiger partial charge in [0.15, 0.2) is 0 Å². The van der Waals surface area contributed by atoms with Gasteiger partial charge in [0, 0.05) is 12.2 Å². The lowest BCUT2D eigenvalue weighted by atomic mass is 9.93. The third-order valence-electron chi connectivity index (χ3n) is 4.35. The Morgan fingerprint density at radius 3 is 1.94 bits per heavy atom. The molecule has 0 saturated heterocycles. The summed E-state index contributed by atoms with van der Waals surface area (Å²) in [6, 6.07) is 8.71. The second-order valence-electron chi connectivity index (χ2n) is 9.75. The Kier molecular flexibility index (Phi) is 9.45. The summed E-state index contributed by atoms with van der Waals surface area (Å²) < 4.78 is 10.5. The molecule has 0 saturated carbocycles. The number of para-hydroxylation sites is 1. The number of hydrogen-bond acceptors (Lipinski definition) is 6. The topological polar surface area (TPSA) is 122 Å². The summed E-state index contributed by atoms with van der Waals surface area (Å²) in [6.07, 6.45) is -0.548. The van der Waals surface area contributed by atoms with Crippen LogP contribution in [0, 0.1) is 0 Å². The van der Waals surface area contributed by atoms with E-state index in [1.807, 2.05) is 6.92 Å². The van der Waals surface area contributed by atoms with E-state index in [0.717, 1.165) is 6.42 Å². The smallest absolute Gasteiger partial charge is 0.409 e. The van der Waals surface area contributed by atoms with Crippen LogP contribution < -0.4 is 10.2 Å². The molecule has 9 heteroatoms. The summed E-state index contributed by atoms with van der Waals surface area (Å²) >= 11 is 0. The number of nitrogens with zero attached hydrogens (tertiary/aromatic N) is 1. The van der Waals surface area contributed by atoms with Crippen molar-refractivity contribution in [2.24, 2.45) is 0 Å². The zero-order valence-electron chi connectivity index (χ0n) is 20.6. The van der Waals surface area contributed by atoms with Crippen LogP contribution in [-0.2, 0) is 23.9 Å². The van der Waals surface area contributed by atoms with Crippen LogP contribution in [0.15, 0.2) is 30.3 Å². The predicted octanol–water partition coefficient (Wildman–Crippen LogP) is 3.90. The van der Waals surface area contributed by atoms with Gasteiger partial charge in [-0.1, -0.05) is 31.5 Å². The molecular weight excluding hydrogens is 428 g/mol. The van der Waals surface area contributed by atoms with Crippen molar-refractivity contribution in [1.29, 1.82) is 0 Å². The Hall–Kier alpha value is -3.10. The molecule has 1 rings (SSSR count). The number of ether oxygens (including phenoxy) is 2. The first-order valence-electron chi connectivity index (χ1n) is 10.9. The summed E-state index contributed by atoms with van der Waals surface area (Å²) in [5, 5.41) is 12.2. The van der Waals surface area contributed by atoms with E-state index in [4.69, 9.17) is 9.47 Å². The SMILES string of the molecule is CCCCN(C(=O)C[C@](NC(=O)OC(C)(C)C)(C(=O)O)C(=O)OC(C)(C)C)c1ccccc1. The van der Waals surface area contributed by atoms with Crippen LogP contribution in [0.3, 0.4) is 0 Å². The number of benzene rings is 1. The summed E-state index contributed by atoms with van der Waals surface area (Å²) in [5.74, 6) is -3.64. The molecule has 0 bridgehead atoms. The number of rotatable bonds is 9. The molecule has 2 amide bonds. The third kappa shape index (κ3) is 8.75. The van der Waals surface area contributed by atoms with E-state index in [0.29, 0.717) is 18.7 Å². The molecule has 0 aliphatic rings. The van der Waals surface area contributed by atoms with E-state index < -0.39 is 47.1 Å². The zero-order valence-corrected chi connectivity index (χ0v) is 20.6. The maximum Gasteiger partial charge on any atom is 0.409 e. The van der Waals surface area contributed by atoms with Crippen LogP contribution in [0.25, 0.3) is 0 Å². The maximum absolute atomic E-state index is 13.4. The average Bonchev–Trinajstić information content (AvgIpc) is 2.65. The largest absolute Gasteiger partial charge is 0.479 e. The molecule has 184 valence electrons. The number of nitrogens with one attached hydrogen (secondary N) is 1. The lowest BCUT2D eigenvalue weighted by Crippen LogP contribution is -2.64. The van der Waals surface area contributed by atoms with E-state index >= 15 is 0 Å². The number of carbonyl (C=O) groups excluding carboxylic acids is 3. The van der Waals surface area contributed by atoms with E-state index in [2.05, 4.69) is 5.32 Å². The van der Waals surface area contributed by atoms with Gasteiger partial charge >= 0.3 is 18.0 Å². The van der Waals surface area contributed by atoms with Gasteiger partial charge in [-0.15, -0.1) is 0 Å². The number of amides is 2. The summed E-state index contributed by atoms with van der Waals surface area (Å²) in [6.45, 7) is 11.7. The molecule has 0 spiro atoms. The molecule has 1 atom stereocenters. The third-order valence-corrected chi connectivity index (χ3v) is 4.35. The molecule has 9 nitrogen and oxygen atoms in total. The molecule has 0 heterocycles. The Labute approximate surface area is 195 Å². The van der Waals surface area contributed by atoms with E-state index in [1.165, 1.54) is 4.90 Å². The molecule has 1 aromatic carbocycles. The fourth-order valence-corrected chi connectivity index (χ4v) is 2.87. The lowest BCUT2D eigenvalue weighted by molar-refractivity contribution is -0.172. The first-order valence-corrected chi connectivity index (χ1v) is 10.9. The number of aliphatic carboxylic acids is 1. The highest BCUT2D eigenvalue weighted by Gasteiger charge is 2.53. The highest BCUT2D eigenvalue weighted by Crippen LogP contribution is 2.24. The van der Waals surface area contributed by atoms with Crippen LogP contribution in [-0.4, -0.2) is 52.3 Å². The molecule has 33 heavy (non-hydrogen) atoms. The Morgan fingerprint density at radius 2 is 1.48 bits per heavy atom. The van der Waals surface area contributed by atoms with E-state index in [-0.39, 0.29) is 0 Å². The molecule has 0 radical (unpaired) electrons. The Balaban J connectivity index is 3.42. The van der Waals surface area contributed by atoms with Crippen LogP contribution in [0.4, 0.5) is 10.5 Å². The molecule has 0 fully saturated rings. The van der Waals surface area contributed by atoms with Crippen LogP contribution in [0.1, 0.15) is 67.7 Å². The average molecular weight is 465 g/mol. The monoisotopic (exact) mass is 464 g/mol. The van der Waals surface area contributed by atoms with Crippen molar-refractivity contribution in [3.63, 3.8) is 0 Å². The molecule has 0 unspecified atom stereocenters. The van der Waals surface area contributed by atoms with Crippen molar-refractivity contribution in [1.82, 2.24) is 5.32 Å². The molecule has 2 N–H and O–H groups in total. The minimum absolute atomic E-state index is 0.315. The molecule has 0 aromatic heterocycles. The number of carboxylic acid groups (broad SMARTS) is 1. The van der Waals surface area contributed by atoms with Crippen molar-refractivity contribution in [2.45, 2.75) is 84.5 Å². The van der Waals surface area contributed by atoms with Crippen molar-refractivity contribution >= 4 is 29.6 Å². The van der Waals surface area contributed by atoms with Gasteiger partial charge in [-0.2, -0.15) is 0 Å².